The Morgan fingerprint density at radius 3 is 2.85 bits per heavy atom. The van der Waals surface area contributed by atoms with E-state index in [-0.39, 0.29) is 22.1 Å². The summed E-state index contributed by atoms with van der Waals surface area (Å²) >= 11 is 7.13. The number of benzene rings is 2. The summed E-state index contributed by atoms with van der Waals surface area (Å²) in [6, 6.07) is 10.1. The van der Waals surface area contributed by atoms with E-state index in [9.17, 15) is 19.3 Å². The Balaban J connectivity index is 1.59. The van der Waals surface area contributed by atoms with E-state index in [0.717, 1.165) is 11.8 Å². The van der Waals surface area contributed by atoms with Crippen molar-refractivity contribution < 1.29 is 14.1 Å². The van der Waals surface area contributed by atoms with Gasteiger partial charge < -0.3 is 5.32 Å². The molecule has 3 aromatic rings. The number of amides is 1. The summed E-state index contributed by atoms with van der Waals surface area (Å²) in [5.41, 5.74) is 1.30. The van der Waals surface area contributed by atoms with Gasteiger partial charge in [0.05, 0.1) is 10.6 Å². The minimum absolute atomic E-state index is 0.0242. The lowest BCUT2D eigenvalue weighted by Gasteiger charge is -2.04. The Labute approximate surface area is 162 Å². The van der Waals surface area contributed by atoms with Gasteiger partial charge >= 0.3 is 0 Å². The van der Waals surface area contributed by atoms with Crippen molar-refractivity contribution in [3.05, 3.63) is 80.1 Å². The first-order chi connectivity index (χ1) is 12.9. The molecule has 1 heterocycles. The Morgan fingerprint density at radius 2 is 2.11 bits per heavy atom. The van der Waals surface area contributed by atoms with Crippen LogP contribution in [-0.2, 0) is 6.42 Å². The van der Waals surface area contributed by atoms with Crippen molar-refractivity contribution in [2.24, 2.45) is 0 Å². The summed E-state index contributed by atoms with van der Waals surface area (Å²) in [6.45, 7) is 0.307. The van der Waals surface area contributed by atoms with Crippen molar-refractivity contribution in [1.29, 1.82) is 0 Å². The standard InChI is InChI=1S/C18H13ClFN3O3S/c19-15-5-4-11(9-16(15)23(25)26)17(24)21-7-6-14-10-27-18(22-14)12-2-1-3-13(20)8-12/h1-5,8-10H,6-7H2,(H,21,24). The van der Waals surface area contributed by atoms with E-state index >= 15 is 0 Å². The van der Waals surface area contributed by atoms with Crippen molar-refractivity contribution in [3.63, 3.8) is 0 Å². The van der Waals surface area contributed by atoms with Crippen molar-refractivity contribution in [2.75, 3.05) is 6.54 Å². The van der Waals surface area contributed by atoms with Crippen molar-refractivity contribution in [3.8, 4) is 10.6 Å². The second kappa shape index (κ2) is 8.24. The molecule has 0 aliphatic rings. The van der Waals surface area contributed by atoms with Gasteiger partial charge in [-0.05, 0) is 24.3 Å². The van der Waals surface area contributed by atoms with E-state index in [1.807, 2.05) is 5.38 Å². The van der Waals surface area contributed by atoms with E-state index < -0.39 is 10.8 Å². The van der Waals surface area contributed by atoms with Crippen molar-refractivity contribution in [2.45, 2.75) is 6.42 Å². The molecule has 27 heavy (non-hydrogen) atoms. The van der Waals surface area contributed by atoms with Crippen LogP contribution in [0.5, 0.6) is 0 Å². The maximum Gasteiger partial charge on any atom is 0.288 e. The zero-order chi connectivity index (χ0) is 19.4. The van der Waals surface area contributed by atoms with E-state index in [4.69, 9.17) is 11.6 Å². The van der Waals surface area contributed by atoms with Gasteiger partial charge in [0.2, 0.25) is 0 Å². The first-order valence-electron chi connectivity index (χ1n) is 7.86. The van der Waals surface area contributed by atoms with E-state index in [0.29, 0.717) is 23.5 Å². The van der Waals surface area contributed by atoms with Crippen LogP contribution < -0.4 is 5.32 Å². The van der Waals surface area contributed by atoms with Crippen LogP contribution in [0.4, 0.5) is 10.1 Å². The second-order valence-corrected chi connectivity index (χ2v) is 6.85. The summed E-state index contributed by atoms with van der Waals surface area (Å²) in [6.07, 6.45) is 0.479. The average Bonchev–Trinajstić information content (AvgIpc) is 3.10. The number of nitrogens with one attached hydrogen (secondary N) is 1. The number of aromatic nitrogens is 1. The van der Waals surface area contributed by atoms with Gasteiger partial charge in [0.15, 0.2) is 0 Å². The van der Waals surface area contributed by atoms with Crippen LogP contribution in [0.25, 0.3) is 10.6 Å². The highest BCUT2D eigenvalue weighted by atomic mass is 35.5. The summed E-state index contributed by atoms with van der Waals surface area (Å²) < 4.78 is 13.3. The summed E-state index contributed by atoms with van der Waals surface area (Å²) in [7, 11) is 0. The number of nitro groups is 1. The molecular formula is C18H13ClFN3O3S. The van der Waals surface area contributed by atoms with Crippen LogP contribution in [0.2, 0.25) is 5.02 Å². The number of carbonyl (C=O) groups is 1. The fourth-order valence-corrected chi connectivity index (χ4v) is 3.41. The first-order valence-corrected chi connectivity index (χ1v) is 9.12. The molecule has 3 rings (SSSR count). The predicted octanol–water partition coefficient (Wildman–Crippen LogP) is 4.48. The minimum Gasteiger partial charge on any atom is -0.352 e. The van der Waals surface area contributed by atoms with Crippen LogP contribution in [0, 0.1) is 15.9 Å². The third-order valence-electron chi connectivity index (χ3n) is 3.70. The summed E-state index contributed by atoms with van der Waals surface area (Å²) in [5.74, 6) is -0.760. The fraction of sp³-hybridized carbons (Fsp3) is 0.111. The fourth-order valence-electron chi connectivity index (χ4n) is 2.38. The van der Waals surface area contributed by atoms with E-state index in [2.05, 4.69) is 10.3 Å². The Morgan fingerprint density at radius 1 is 1.30 bits per heavy atom. The zero-order valence-corrected chi connectivity index (χ0v) is 15.4. The average molecular weight is 406 g/mol. The van der Waals surface area contributed by atoms with Gasteiger partial charge in [-0.1, -0.05) is 23.7 Å². The number of hydrogen-bond donors (Lipinski definition) is 1. The third kappa shape index (κ3) is 4.66. The van der Waals surface area contributed by atoms with Crippen LogP contribution >= 0.6 is 22.9 Å². The maximum atomic E-state index is 13.3. The van der Waals surface area contributed by atoms with Gasteiger partial charge in [-0.2, -0.15) is 0 Å². The highest BCUT2D eigenvalue weighted by Crippen LogP contribution is 2.25. The molecule has 1 aromatic heterocycles. The molecular weight excluding hydrogens is 393 g/mol. The Kier molecular flexibility index (Phi) is 5.78. The molecule has 1 amide bonds. The topological polar surface area (TPSA) is 85.1 Å². The SMILES string of the molecule is O=C(NCCc1csc(-c2cccc(F)c2)n1)c1ccc(Cl)c([N+](=O)[O-])c1. The molecule has 0 radical (unpaired) electrons. The number of rotatable bonds is 6. The maximum absolute atomic E-state index is 13.3. The van der Waals surface area contributed by atoms with Crippen molar-refractivity contribution >= 4 is 34.5 Å². The molecule has 0 saturated carbocycles. The molecule has 0 aliphatic carbocycles. The van der Waals surface area contributed by atoms with Crippen LogP contribution in [-0.4, -0.2) is 22.4 Å². The lowest BCUT2D eigenvalue weighted by molar-refractivity contribution is -0.384. The van der Waals surface area contributed by atoms with Gasteiger partial charge in [-0.15, -0.1) is 11.3 Å². The van der Waals surface area contributed by atoms with Crippen LogP contribution in [0.3, 0.4) is 0 Å². The monoisotopic (exact) mass is 405 g/mol. The van der Waals surface area contributed by atoms with Gasteiger partial charge in [0, 0.05) is 35.5 Å². The first kappa shape index (κ1) is 18.9. The molecule has 0 unspecified atom stereocenters. The highest BCUT2D eigenvalue weighted by Gasteiger charge is 2.16. The normalized spacial score (nSPS) is 10.6. The highest BCUT2D eigenvalue weighted by molar-refractivity contribution is 7.13. The van der Waals surface area contributed by atoms with Crippen molar-refractivity contribution in [1.82, 2.24) is 10.3 Å². The molecule has 9 heteroatoms. The summed E-state index contributed by atoms with van der Waals surface area (Å²) in [5, 5.41) is 16.1. The molecule has 0 fully saturated rings. The molecule has 0 aliphatic heterocycles. The molecule has 6 nitrogen and oxygen atoms in total. The molecule has 1 N–H and O–H groups in total. The summed E-state index contributed by atoms with van der Waals surface area (Å²) in [4.78, 5) is 26.8. The third-order valence-corrected chi connectivity index (χ3v) is 4.95. The van der Waals surface area contributed by atoms with Crippen LogP contribution in [0.15, 0.2) is 47.8 Å². The largest absolute Gasteiger partial charge is 0.352 e. The van der Waals surface area contributed by atoms with Gasteiger partial charge in [0.1, 0.15) is 15.8 Å². The van der Waals surface area contributed by atoms with E-state index in [1.165, 1.54) is 35.6 Å². The quantitative estimate of drug-likeness (QED) is 0.484. The number of halogens is 2. The van der Waals surface area contributed by atoms with Gasteiger partial charge in [-0.25, -0.2) is 9.37 Å². The van der Waals surface area contributed by atoms with Gasteiger partial charge in [-0.3, -0.25) is 14.9 Å². The Bertz CT molecular complexity index is 1010. The minimum atomic E-state index is -0.637. The lowest BCUT2D eigenvalue weighted by atomic mass is 10.2. The number of nitrogens with zero attached hydrogens (tertiary/aromatic N) is 2. The number of thiazole rings is 1. The second-order valence-electron chi connectivity index (χ2n) is 5.58. The molecule has 0 bridgehead atoms. The number of nitro benzene ring substituents is 1. The smallest absolute Gasteiger partial charge is 0.288 e. The van der Waals surface area contributed by atoms with Gasteiger partial charge in [0.25, 0.3) is 11.6 Å². The van der Waals surface area contributed by atoms with E-state index in [1.54, 1.807) is 12.1 Å². The van der Waals surface area contributed by atoms with Crippen LogP contribution in [0.1, 0.15) is 16.1 Å². The molecule has 138 valence electrons. The number of carbonyl (C=O) groups excluding carboxylic acids is 1. The zero-order valence-electron chi connectivity index (χ0n) is 13.8. The molecule has 0 saturated heterocycles. The molecule has 0 atom stereocenters. The molecule has 2 aromatic carbocycles. The number of hydrogen-bond acceptors (Lipinski definition) is 5. The Hall–Kier alpha value is -2.84. The lowest BCUT2D eigenvalue weighted by Crippen LogP contribution is -2.25. The predicted molar refractivity (Wildman–Crippen MR) is 102 cm³/mol. The molecule has 0 spiro atoms.